The molecule has 1 rings (SSSR count). The summed E-state index contributed by atoms with van der Waals surface area (Å²) >= 11 is 2.87. The minimum atomic E-state index is -2.86. The molecule has 0 amide bonds. The molecule has 1 aromatic heterocycles. The Morgan fingerprint density at radius 1 is 1.60 bits per heavy atom. The van der Waals surface area contributed by atoms with E-state index in [4.69, 9.17) is 0 Å². The van der Waals surface area contributed by atoms with E-state index in [9.17, 15) is 23.7 Å². The first-order chi connectivity index (χ1) is 6.97. The zero-order valence-corrected chi connectivity index (χ0v) is 8.75. The Hall–Kier alpha value is -1.31. The van der Waals surface area contributed by atoms with Crippen molar-refractivity contribution in [2.75, 3.05) is 0 Å². The minimum Gasteiger partial charge on any atom is -0.351 e. The van der Waals surface area contributed by atoms with Crippen LogP contribution in [0, 0.1) is 10.1 Å². The molecule has 0 saturated heterocycles. The van der Waals surface area contributed by atoms with Crippen LogP contribution in [-0.2, 0) is 5.33 Å². The number of H-pyrrole nitrogens is 1. The van der Waals surface area contributed by atoms with Crippen molar-refractivity contribution in [3.63, 3.8) is 0 Å². The summed E-state index contributed by atoms with van der Waals surface area (Å²) in [6.45, 7) is 0. The fourth-order valence-electron chi connectivity index (χ4n) is 1.04. The Morgan fingerprint density at radius 2 is 2.20 bits per heavy atom. The van der Waals surface area contributed by atoms with Gasteiger partial charge in [0.05, 0.1) is 15.9 Å². The highest BCUT2D eigenvalue weighted by Gasteiger charge is 2.21. The van der Waals surface area contributed by atoms with Crippen LogP contribution in [0.5, 0.6) is 0 Å². The predicted molar refractivity (Wildman–Crippen MR) is 51.3 cm³/mol. The van der Waals surface area contributed by atoms with E-state index in [1.54, 1.807) is 0 Å². The summed E-state index contributed by atoms with van der Waals surface area (Å²) in [6.07, 6.45) is -2.86. The largest absolute Gasteiger partial charge is 0.351 e. The Kier molecular flexibility index (Phi) is 3.51. The minimum absolute atomic E-state index is 0.0703. The van der Waals surface area contributed by atoms with E-state index in [1.165, 1.54) is 0 Å². The summed E-state index contributed by atoms with van der Waals surface area (Å²) in [6, 6.07) is 0.537. The first kappa shape index (κ1) is 11.8. The Bertz CT molecular complexity index is 446. The van der Waals surface area contributed by atoms with Gasteiger partial charge < -0.3 is 4.98 Å². The van der Waals surface area contributed by atoms with E-state index in [0.717, 1.165) is 0 Å². The van der Waals surface area contributed by atoms with Crippen LogP contribution in [0.25, 0.3) is 0 Å². The number of rotatable bonds is 3. The molecule has 0 unspecified atom stereocenters. The first-order valence-corrected chi connectivity index (χ1v) is 4.84. The summed E-state index contributed by atoms with van der Waals surface area (Å²) in [5, 5.41) is 10.4. The van der Waals surface area contributed by atoms with Gasteiger partial charge in [-0.25, -0.2) is 8.78 Å². The average molecular weight is 283 g/mol. The van der Waals surface area contributed by atoms with Gasteiger partial charge in [-0.2, -0.15) is 0 Å². The number of halogens is 3. The van der Waals surface area contributed by atoms with Crippen LogP contribution in [0.2, 0.25) is 0 Å². The number of hydrogen-bond acceptors (Lipinski definition) is 3. The third-order valence-electron chi connectivity index (χ3n) is 1.65. The molecule has 0 fully saturated rings. The lowest BCUT2D eigenvalue weighted by molar-refractivity contribution is -0.386. The summed E-state index contributed by atoms with van der Waals surface area (Å²) in [4.78, 5) is 22.9. The number of nitrogens with one attached hydrogen (secondary N) is 1. The number of aromatic nitrogens is 1. The molecule has 0 aromatic carbocycles. The molecule has 15 heavy (non-hydrogen) atoms. The van der Waals surface area contributed by atoms with Crippen molar-refractivity contribution in [1.82, 2.24) is 4.98 Å². The van der Waals surface area contributed by atoms with Crippen LogP contribution < -0.4 is 5.43 Å². The number of aromatic amines is 1. The van der Waals surface area contributed by atoms with E-state index >= 15 is 0 Å². The lowest BCUT2D eigenvalue weighted by atomic mass is 10.2. The summed E-state index contributed by atoms with van der Waals surface area (Å²) in [5.41, 5.74) is -2.53. The number of nitrogens with zero attached hydrogens (tertiary/aromatic N) is 1. The molecule has 1 heterocycles. The number of hydrogen-bond donors (Lipinski definition) is 1. The Morgan fingerprint density at radius 3 is 2.60 bits per heavy atom. The quantitative estimate of drug-likeness (QED) is 0.524. The number of nitro groups is 1. The van der Waals surface area contributed by atoms with Crippen molar-refractivity contribution in [2.24, 2.45) is 0 Å². The molecule has 0 bridgehead atoms. The van der Waals surface area contributed by atoms with Crippen LogP contribution in [-0.4, -0.2) is 9.91 Å². The molecule has 5 nitrogen and oxygen atoms in total. The van der Waals surface area contributed by atoms with Crippen molar-refractivity contribution in [3.8, 4) is 0 Å². The Balaban J connectivity index is 3.44. The monoisotopic (exact) mass is 282 g/mol. The van der Waals surface area contributed by atoms with Gasteiger partial charge in [0.15, 0.2) is 0 Å². The smallest absolute Gasteiger partial charge is 0.336 e. The molecule has 0 aliphatic carbocycles. The van der Waals surface area contributed by atoms with Crippen molar-refractivity contribution < 1.29 is 13.7 Å². The lowest BCUT2D eigenvalue weighted by Gasteiger charge is -2.03. The van der Waals surface area contributed by atoms with Crippen molar-refractivity contribution >= 4 is 21.6 Å². The number of pyridine rings is 1. The van der Waals surface area contributed by atoms with E-state index in [-0.39, 0.29) is 11.0 Å². The van der Waals surface area contributed by atoms with Gasteiger partial charge in [0.2, 0.25) is 0 Å². The number of alkyl halides is 3. The lowest BCUT2D eigenvalue weighted by Crippen LogP contribution is -2.13. The van der Waals surface area contributed by atoms with Crippen LogP contribution >= 0.6 is 15.9 Å². The van der Waals surface area contributed by atoms with Gasteiger partial charge in [0, 0.05) is 6.07 Å². The van der Waals surface area contributed by atoms with Crippen molar-refractivity contribution in [3.05, 3.63) is 37.8 Å². The third kappa shape index (κ3) is 2.38. The van der Waals surface area contributed by atoms with Gasteiger partial charge in [-0.3, -0.25) is 14.9 Å². The highest BCUT2D eigenvalue weighted by atomic mass is 79.9. The molecule has 0 spiro atoms. The zero-order chi connectivity index (χ0) is 11.6. The second-order valence-corrected chi connectivity index (χ2v) is 3.17. The summed E-state index contributed by atoms with van der Waals surface area (Å²) < 4.78 is 24.5. The molecule has 8 heteroatoms. The fraction of sp³-hybridized carbons (Fsp3) is 0.286. The molecule has 0 aliphatic rings. The van der Waals surface area contributed by atoms with E-state index in [2.05, 4.69) is 20.9 Å². The van der Waals surface area contributed by atoms with Crippen LogP contribution in [0.4, 0.5) is 14.5 Å². The molecule has 82 valence electrons. The highest BCUT2D eigenvalue weighted by Crippen LogP contribution is 2.20. The van der Waals surface area contributed by atoms with Crippen molar-refractivity contribution in [1.29, 1.82) is 0 Å². The SMILES string of the molecule is O=c1cc(C(F)F)[nH]c(CBr)c1[N+](=O)[O-]. The van der Waals surface area contributed by atoms with Gasteiger partial charge in [0.1, 0.15) is 5.69 Å². The molecular weight excluding hydrogens is 278 g/mol. The summed E-state index contributed by atoms with van der Waals surface area (Å²) in [5.74, 6) is 0. The van der Waals surface area contributed by atoms with Gasteiger partial charge in [-0.1, -0.05) is 15.9 Å². The van der Waals surface area contributed by atoms with E-state index in [1.807, 2.05) is 0 Å². The maximum Gasteiger partial charge on any atom is 0.336 e. The molecule has 0 radical (unpaired) electrons. The molecule has 0 atom stereocenters. The highest BCUT2D eigenvalue weighted by molar-refractivity contribution is 9.08. The Labute approximate surface area is 90.4 Å². The topological polar surface area (TPSA) is 76.0 Å². The molecular formula is C7H5BrF2N2O3. The zero-order valence-electron chi connectivity index (χ0n) is 7.17. The predicted octanol–water partition coefficient (Wildman–Crippen LogP) is 2.12. The van der Waals surface area contributed by atoms with Gasteiger partial charge in [-0.05, 0) is 0 Å². The normalized spacial score (nSPS) is 10.7. The van der Waals surface area contributed by atoms with Gasteiger partial charge in [-0.15, -0.1) is 0 Å². The summed E-state index contributed by atoms with van der Waals surface area (Å²) in [7, 11) is 0. The molecule has 0 aliphatic heterocycles. The van der Waals surface area contributed by atoms with E-state index < -0.39 is 28.2 Å². The standard InChI is InChI=1S/C7H5BrF2N2O3/c8-2-4-6(12(14)15)5(13)1-3(11-4)7(9)10/h1,7H,2H2,(H,11,13). The maximum atomic E-state index is 12.2. The van der Waals surface area contributed by atoms with Crippen LogP contribution in [0.1, 0.15) is 17.8 Å². The van der Waals surface area contributed by atoms with E-state index in [0.29, 0.717) is 6.07 Å². The van der Waals surface area contributed by atoms with Gasteiger partial charge in [0.25, 0.3) is 11.9 Å². The maximum absolute atomic E-state index is 12.2. The first-order valence-electron chi connectivity index (χ1n) is 3.72. The molecule has 1 aromatic rings. The van der Waals surface area contributed by atoms with Gasteiger partial charge >= 0.3 is 5.69 Å². The second kappa shape index (κ2) is 4.47. The average Bonchev–Trinajstić information content (AvgIpc) is 2.15. The van der Waals surface area contributed by atoms with Crippen LogP contribution in [0.15, 0.2) is 10.9 Å². The van der Waals surface area contributed by atoms with Crippen LogP contribution in [0.3, 0.4) is 0 Å². The molecule has 0 saturated carbocycles. The second-order valence-electron chi connectivity index (χ2n) is 2.61. The fourth-order valence-corrected chi connectivity index (χ4v) is 1.45. The van der Waals surface area contributed by atoms with Crippen molar-refractivity contribution in [2.45, 2.75) is 11.8 Å². The molecule has 1 N–H and O–H groups in total. The third-order valence-corrected chi connectivity index (χ3v) is 2.21.